The minimum Gasteiger partial charge on any atom is -0.481 e. The first-order chi connectivity index (χ1) is 10.1. The molecule has 0 radical (unpaired) electrons. The minimum atomic E-state index is -0.868. The Labute approximate surface area is 125 Å². The largest absolute Gasteiger partial charge is 0.481 e. The fourth-order valence-corrected chi connectivity index (χ4v) is 2.19. The molecule has 116 valence electrons. The van der Waals surface area contributed by atoms with Crippen molar-refractivity contribution in [1.29, 1.82) is 0 Å². The van der Waals surface area contributed by atoms with Gasteiger partial charge in [0.15, 0.2) is 0 Å². The second-order valence-electron chi connectivity index (χ2n) is 5.05. The highest BCUT2D eigenvalue weighted by Crippen LogP contribution is 2.15. The molecule has 0 aliphatic heterocycles. The fourth-order valence-electron chi connectivity index (χ4n) is 2.19. The topological polar surface area (TPSA) is 78.4 Å². The first kappa shape index (κ1) is 17.0. The van der Waals surface area contributed by atoms with Gasteiger partial charge in [0, 0.05) is 6.54 Å². The van der Waals surface area contributed by atoms with Crippen LogP contribution in [0, 0.1) is 5.92 Å². The molecular formula is C16H24N2O3. The molecule has 1 aromatic carbocycles. The van der Waals surface area contributed by atoms with E-state index in [0.717, 1.165) is 18.4 Å². The number of urea groups is 1. The number of amides is 2. The molecule has 1 rings (SSSR count). The molecule has 0 aromatic heterocycles. The van der Waals surface area contributed by atoms with Gasteiger partial charge in [0.2, 0.25) is 0 Å². The third-order valence-corrected chi connectivity index (χ3v) is 3.41. The molecule has 1 aromatic rings. The van der Waals surface area contributed by atoms with Gasteiger partial charge in [-0.3, -0.25) is 4.79 Å². The molecule has 21 heavy (non-hydrogen) atoms. The van der Waals surface area contributed by atoms with Gasteiger partial charge in [-0.05, 0) is 18.4 Å². The molecule has 0 aliphatic carbocycles. The van der Waals surface area contributed by atoms with Crippen LogP contribution >= 0.6 is 0 Å². The normalized spacial score (nSPS) is 13.2. The van der Waals surface area contributed by atoms with Crippen LogP contribution in [-0.2, 0) is 4.79 Å². The van der Waals surface area contributed by atoms with Crippen LogP contribution in [0.4, 0.5) is 4.79 Å². The quantitative estimate of drug-likeness (QED) is 0.689. The van der Waals surface area contributed by atoms with E-state index in [2.05, 4.69) is 10.6 Å². The first-order valence-electron chi connectivity index (χ1n) is 7.40. The Morgan fingerprint density at radius 2 is 1.86 bits per heavy atom. The molecule has 0 fully saturated rings. The maximum absolute atomic E-state index is 11.9. The molecule has 0 spiro atoms. The summed E-state index contributed by atoms with van der Waals surface area (Å²) in [5.74, 6) is -1.40. The van der Waals surface area contributed by atoms with Crippen LogP contribution in [0.3, 0.4) is 0 Å². The third kappa shape index (κ3) is 5.85. The Hall–Kier alpha value is -2.04. The van der Waals surface area contributed by atoms with Gasteiger partial charge in [0.1, 0.15) is 0 Å². The predicted octanol–water partition coefficient (Wildman–Crippen LogP) is 2.94. The average molecular weight is 292 g/mol. The molecule has 5 heteroatoms. The van der Waals surface area contributed by atoms with Crippen molar-refractivity contribution < 1.29 is 14.7 Å². The van der Waals surface area contributed by atoms with E-state index in [0.29, 0.717) is 6.42 Å². The SMILES string of the molecule is CCCC(CNC(=O)NC(CC)c1ccccc1)C(=O)O. The number of carboxylic acid groups (broad SMARTS) is 1. The molecule has 3 N–H and O–H groups in total. The number of carboxylic acids is 1. The van der Waals surface area contributed by atoms with Crippen molar-refractivity contribution in [2.24, 2.45) is 5.92 Å². The van der Waals surface area contributed by atoms with Gasteiger partial charge in [-0.1, -0.05) is 50.6 Å². The summed E-state index contributed by atoms with van der Waals surface area (Å²) < 4.78 is 0. The van der Waals surface area contributed by atoms with Gasteiger partial charge < -0.3 is 15.7 Å². The molecule has 2 amide bonds. The Kier molecular flexibility index (Phi) is 7.29. The molecular weight excluding hydrogens is 268 g/mol. The summed E-state index contributed by atoms with van der Waals surface area (Å²) in [6.07, 6.45) is 2.11. The molecule has 2 atom stereocenters. The van der Waals surface area contributed by atoms with Crippen LogP contribution in [-0.4, -0.2) is 23.7 Å². The molecule has 0 saturated carbocycles. The van der Waals surface area contributed by atoms with Crippen molar-refractivity contribution in [3.8, 4) is 0 Å². The summed E-state index contributed by atoms with van der Waals surface area (Å²) in [6, 6.07) is 9.32. The molecule has 2 unspecified atom stereocenters. The predicted molar refractivity (Wildman–Crippen MR) is 82.0 cm³/mol. The highest BCUT2D eigenvalue weighted by molar-refractivity contribution is 5.76. The monoisotopic (exact) mass is 292 g/mol. The van der Waals surface area contributed by atoms with Crippen LogP contribution in [0.5, 0.6) is 0 Å². The average Bonchev–Trinajstić information content (AvgIpc) is 2.49. The van der Waals surface area contributed by atoms with Crippen LogP contribution in [0.2, 0.25) is 0 Å². The molecule has 0 aliphatic rings. The second kappa shape index (κ2) is 9.00. The summed E-state index contributed by atoms with van der Waals surface area (Å²) in [5.41, 5.74) is 1.04. The van der Waals surface area contributed by atoms with Crippen LogP contribution in [0.1, 0.15) is 44.7 Å². The third-order valence-electron chi connectivity index (χ3n) is 3.41. The van der Waals surface area contributed by atoms with Crippen molar-refractivity contribution in [3.05, 3.63) is 35.9 Å². The Bertz CT molecular complexity index is 448. The standard InChI is InChI=1S/C16H24N2O3/c1-3-8-13(15(19)20)11-17-16(21)18-14(4-2)12-9-6-5-7-10-12/h5-7,9-10,13-14H,3-4,8,11H2,1-2H3,(H,19,20)(H2,17,18,21). The number of nitrogens with one attached hydrogen (secondary N) is 2. The van der Waals surface area contributed by atoms with Gasteiger partial charge in [-0.25, -0.2) is 4.79 Å². The van der Waals surface area contributed by atoms with Crippen molar-refractivity contribution in [2.75, 3.05) is 6.54 Å². The van der Waals surface area contributed by atoms with Gasteiger partial charge in [-0.2, -0.15) is 0 Å². The van der Waals surface area contributed by atoms with Crippen molar-refractivity contribution in [3.63, 3.8) is 0 Å². The number of carbonyl (C=O) groups is 2. The summed E-state index contributed by atoms with van der Waals surface area (Å²) in [7, 11) is 0. The number of hydrogen-bond donors (Lipinski definition) is 3. The lowest BCUT2D eigenvalue weighted by Gasteiger charge is -2.19. The number of benzene rings is 1. The lowest BCUT2D eigenvalue weighted by atomic mass is 10.0. The van der Waals surface area contributed by atoms with E-state index in [1.165, 1.54) is 0 Å². The lowest BCUT2D eigenvalue weighted by Crippen LogP contribution is -2.41. The van der Waals surface area contributed by atoms with E-state index >= 15 is 0 Å². The van der Waals surface area contributed by atoms with Gasteiger partial charge >= 0.3 is 12.0 Å². The second-order valence-corrected chi connectivity index (χ2v) is 5.05. The zero-order valence-corrected chi connectivity index (χ0v) is 12.6. The van der Waals surface area contributed by atoms with Gasteiger partial charge in [0.05, 0.1) is 12.0 Å². The minimum absolute atomic E-state index is 0.0688. The number of hydrogen-bond acceptors (Lipinski definition) is 2. The van der Waals surface area contributed by atoms with E-state index in [1.807, 2.05) is 44.2 Å². The fraction of sp³-hybridized carbons (Fsp3) is 0.500. The van der Waals surface area contributed by atoms with Crippen molar-refractivity contribution in [1.82, 2.24) is 10.6 Å². The maximum atomic E-state index is 11.9. The van der Waals surface area contributed by atoms with Crippen LogP contribution < -0.4 is 10.6 Å². The molecule has 0 heterocycles. The smallest absolute Gasteiger partial charge is 0.315 e. The number of aliphatic carboxylic acids is 1. The van der Waals surface area contributed by atoms with Crippen molar-refractivity contribution >= 4 is 12.0 Å². The van der Waals surface area contributed by atoms with E-state index < -0.39 is 11.9 Å². The van der Waals surface area contributed by atoms with Crippen LogP contribution in [0.25, 0.3) is 0 Å². The Morgan fingerprint density at radius 1 is 1.19 bits per heavy atom. The van der Waals surface area contributed by atoms with Gasteiger partial charge in [-0.15, -0.1) is 0 Å². The van der Waals surface area contributed by atoms with E-state index in [1.54, 1.807) is 0 Å². The maximum Gasteiger partial charge on any atom is 0.315 e. The molecule has 5 nitrogen and oxygen atoms in total. The Balaban J connectivity index is 2.50. The number of rotatable bonds is 8. The summed E-state index contributed by atoms with van der Waals surface area (Å²) in [6.45, 7) is 4.08. The highest BCUT2D eigenvalue weighted by Gasteiger charge is 2.18. The summed E-state index contributed by atoms with van der Waals surface area (Å²) in [5, 5.41) is 14.6. The first-order valence-corrected chi connectivity index (χ1v) is 7.40. The molecule has 0 saturated heterocycles. The summed E-state index contributed by atoms with van der Waals surface area (Å²) >= 11 is 0. The zero-order valence-electron chi connectivity index (χ0n) is 12.6. The van der Waals surface area contributed by atoms with Crippen molar-refractivity contribution in [2.45, 2.75) is 39.2 Å². The van der Waals surface area contributed by atoms with E-state index in [9.17, 15) is 9.59 Å². The highest BCUT2D eigenvalue weighted by atomic mass is 16.4. The number of carbonyl (C=O) groups excluding carboxylic acids is 1. The van der Waals surface area contributed by atoms with Crippen LogP contribution in [0.15, 0.2) is 30.3 Å². The zero-order chi connectivity index (χ0) is 15.7. The lowest BCUT2D eigenvalue weighted by molar-refractivity contribution is -0.141. The van der Waals surface area contributed by atoms with E-state index in [4.69, 9.17) is 5.11 Å². The summed E-state index contributed by atoms with van der Waals surface area (Å²) in [4.78, 5) is 22.9. The Morgan fingerprint density at radius 3 is 2.38 bits per heavy atom. The molecule has 0 bridgehead atoms. The van der Waals surface area contributed by atoms with Gasteiger partial charge in [0.25, 0.3) is 0 Å². The van der Waals surface area contributed by atoms with E-state index in [-0.39, 0.29) is 18.6 Å².